The molecule has 0 aromatic carbocycles. The van der Waals surface area contributed by atoms with Gasteiger partial charge < -0.3 is 0 Å². The van der Waals surface area contributed by atoms with Gasteiger partial charge in [0.25, 0.3) is 0 Å². The van der Waals surface area contributed by atoms with E-state index in [-0.39, 0.29) is 0 Å². The second kappa shape index (κ2) is 5.45. The molecule has 1 aromatic rings. The third-order valence-corrected chi connectivity index (χ3v) is 9.99. The summed E-state index contributed by atoms with van der Waals surface area (Å²) < 4.78 is 0. The van der Waals surface area contributed by atoms with Gasteiger partial charge in [-0.25, -0.2) is 4.79 Å². The third-order valence-electron chi connectivity index (χ3n) is 3.43. The van der Waals surface area contributed by atoms with E-state index >= 15 is 0 Å². The Kier molecular flexibility index (Phi) is 4.52. The summed E-state index contributed by atoms with van der Waals surface area (Å²) in [5.41, 5.74) is 0. The summed E-state index contributed by atoms with van der Waals surface area (Å²) in [5, 5.41) is 3.04. The zero-order valence-electron chi connectivity index (χ0n) is 9.67. The van der Waals surface area contributed by atoms with Gasteiger partial charge in [0.1, 0.15) is 14.0 Å². The van der Waals surface area contributed by atoms with Crippen LogP contribution < -0.4 is 0 Å². The quantitative estimate of drug-likeness (QED) is 0.559. The summed E-state index contributed by atoms with van der Waals surface area (Å²) in [6.45, 7) is 6.64. The average Bonchev–Trinajstić information content (AvgIpc) is 2.79. The van der Waals surface area contributed by atoms with Crippen LogP contribution in [0.1, 0.15) is 25.6 Å². The summed E-state index contributed by atoms with van der Waals surface area (Å²) in [5.74, 6) is 2.24. The van der Waals surface area contributed by atoms with E-state index in [1.54, 1.807) is 11.3 Å². The van der Waals surface area contributed by atoms with Crippen molar-refractivity contribution in [3.8, 4) is 0 Å². The Morgan fingerprint density at radius 3 is 2.27 bits per heavy atom. The van der Waals surface area contributed by atoms with Crippen LogP contribution in [0.5, 0.6) is 0 Å². The van der Waals surface area contributed by atoms with Crippen LogP contribution >= 0.6 is 11.3 Å². The molecule has 1 nitrogen and oxygen atoms in total. The van der Waals surface area contributed by atoms with Gasteiger partial charge in [-0.1, -0.05) is 45.0 Å². The maximum absolute atomic E-state index is 11.2. The van der Waals surface area contributed by atoms with Crippen LogP contribution in [0.25, 0.3) is 5.20 Å². The van der Waals surface area contributed by atoms with E-state index in [0.29, 0.717) is 0 Å². The Morgan fingerprint density at radius 1 is 1.33 bits per heavy atom. The SMILES string of the molecule is CC[Si](CC)(CC)C(=C=O)c1cccs1. The first-order valence-corrected chi connectivity index (χ1v) is 9.03. The minimum absolute atomic E-state index is 1.00. The maximum atomic E-state index is 11.2. The summed E-state index contributed by atoms with van der Waals surface area (Å²) in [6, 6.07) is 7.48. The standard InChI is InChI=1S/C12H18OSSi/c1-4-15(5-2,6-3)12(10-13)11-8-7-9-14-11/h7-9H,4-6H2,1-3H3. The molecule has 0 spiro atoms. The van der Waals surface area contributed by atoms with Crippen molar-refractivity contribution in [2.75, 3.05) is 0 Å². The van der Waals surface area contributed by atoms with Crippen molar-refractivity contribution >= 4 is 30.5 Å². The van der Waals surface area contributed by atoms with Gasteiger partial charge in [-0.15, -0.1) is 11.3 Å². The molecule has 1 heterocycles. The van der Waals surface area contributed by atoms with Gasteiger partial charge in [0.2, 0.25) is 0 Å². The fourth-order valence-electron chi connectivity index (χ4n) is 2.12. The molecule has 0 amide bonds. The molecule has 3 heteroatoms. The summed E-state index contributed by atoms with van der Waals surface area (Å²) in [7, 11) is -1.55. The summed E-state index contributed by atoms with van der Waals surface area (Å²) in [6.07, 6.45) is 0. The molecule has 0 atom stereocenters. The number of rotatable bonds is 5. The van der Waals surface area contributed by atoms with E-state index in [1.807, 2.05) is 17.5 Å². The zero-order chi connectivity index (χ0) is 11.3. The van der Waals surface area contributed by atoms with E-state index in [1.165, 1.54) is 0 Å². The second-order valence-electron chi connectivity index (χ2n) is 3.80. The highest BCUT2D eigenvalue weighted by molar-refractivity contribution is 7.15. The van der Waals surface area contributed by atoms with Gasteiger partial charge in [0, 0.05) is 10.1 Å². The number of carbonyl (C=O) groups excluding carboxylic acids is 1. The minimum atomic E-state index is -1.55. The van der Waals surface area contributed by atoms with Crippen molar-refractivity contribution < 1.29 is 4.79 Å². The first-order valence-electron chi connectivity index (χ1n) is 5.53. The highest BCUT2D eigenvalue weighted by atomic mass is 32.1. The Bertz CT molecular complexity index is 337. The lowest BCUT2D eigenvalue weighted by molar-refractivity contribution is 0.570. The molecule has 0 radical (unpaired) electrons. The molecule has 0 N–H and O–H groups in total. The van der Waals surface area contributed by atoms with Crippen LogP contribution in [0.15, 0.2) is 17.5 Å². The predicted molar refractivity (Wildman–Crippen MR) is 70.6 cm³/mol. The van der Waals surface area contributed by atoms with Gasteiger partial charge in [0.05, 0.1) is 0 Å². The Balaban J connectivity index is 3.17. The van der Waals surface area contributed by atoms with Crippen LogP contribution in [0.4, 0.5) is 0 Å². The lowest BCUT2D eigenvalue weighted by Crippen LogP contribution is -2.33. The molecule has 15 heavy (non-hydrogen) atoms. The lowest BCUT2D eigenvalue weighted by atomic mass is 10.4. The molecule has 0 saturated carbocycles. The number of thiophene rings is 1. The Labute approximate surface area is 96.8 Å². The molecule has 0 aliphatic rings. The highest BCUT2D eigenvalue weighted by Gasteiger charge is 2.34. The van der Waals surface area contributed by atoms with Gasteiger partial charge in [-0.05, 0) is 11.4 Å². The van der Waals surface area contributed by atoms with Crippen molar-refractivity contribution in [3.05, 3.63) is 22.4 Å². The first-order chi connectivity index (χ1) is 7.24. The van der Waals surface area contributed by atoms with E-state index in [9.17, 15) is 4.79 Å². The Hall–Kier alpha value is -0.633. The molecule has 1 aromatic heterocycles. The minimum Gasteiger partial charge on any atom is -0.234 e. The van der Waals surface area contributed by atoms with Crippen LogP contribution in [0, 0.1) is 0 Å². The number of hydrogen-bond donors (Lipinski definition) is 0. The van der Waals surface area contributed by atoms with Crippen molar-refractivity contribution in [2.45, 2.75) is 38.9 Å². The molecule has 0 bridgehead atoms. The molecule has 0 fully saturated rings. The van der Waals surface area contributed by atoms with Gasteiger partial charge in [-0.3, -0.25) is 0 Å². The van der Waals surface area contributed by atoms with E-state index in [0.717, 1.165) is 28.2 Å². The van der Waals surface area contributed by atoms with E-state index in [4.69, 9.17) is 0 Å². The molecule has 0 unspecified atom stereocenters. The Morgan fingerprint density at radius 2 is 1.93 bits per heavy atom. The molecular formula is C12H18OSSi. The molecular weight excluding hydrogens is 220 g/mol. The predicted octanol–water partition coefficient (Wildman–Crippen LogP) is 4.01. The highest BCUT2D eigenvalue weighted by Crippen LogP contribution is 2.35. The first kappa shape index (κ1) is 12.4. The average molecular weight is 238 g/mol. The molecule has 0 saturated heterocycles. The van der Waals surface area contributed by atoms with Gasteiger partial charge in [-0.2, -0.15) is 0 Å². The fraction of sp³-hybridized carbons (Fsp3) is 0.500. The topological polar surface area (TPSA) is 17.1 Å². The van der Waals surface area contributed by atoms with Crippen molar-refractivity contribution in [1.29, 1.82) is 0 Å². The third kappa shape index (κ3) is 2.31. The number of hydrogen-bond acceptors (Lipinski definition) is 2. The van der Waals surface area contributed by atoms with E-state index in [2.05, 4.69) is 26.7 Å². The molecule has 0 aliphatic heterocycles. The largest absolute Gasteiger partial charge is 0.234 e. The monoisotopic (exact) mass is 238 g/mol. The summed E-state index contributed by atoms with van der Waals surface area (Å²) in [4.78, 5) is 12.3. The molecule has 0 aliphatic carbocycles. The van der Waals surface area contributed by atoms with Crippen LogP contribution in [-0.2, 0) is 4.79 Å². The molecule has 1 rings (SSSR count). The van der Waals surface area contributed by atoms with Crippen molar-refractivity contribution in [1.82, 2.24) is 0 Å². The van der Waals surface area contributed by atoms with Gasteiger partial charge in [0.15, 0.2) is 0 Å². The van der Waals surface area contributed by atoms with Crippen molar-refractivity contribution in [3.63, 3.8) is 0 Å². The van der Waals surface area contributed by atoms with Crippen LogP contribution in [0.3, 0.4) is 0 Å². The lowest BCUT2D eigenvalue weighted by Gasteiger charge is -2.27. The molecule has 82 valence electrons. The normalized spacial score (nSPS) is 11.1. The second-order valence-corrected chi connectivity index (χ2v) is 9.93. The van der Waals surface area contributed by atoms with Gasteiger partial charge >= 0.3 is 0 Å². The van der Waals surface area contributed by atoms with Crippen molar-refractivity contribution in [2.24, 2.45) is 0 Å². The van der Waals surface area contributed by atoms with E-state index < -0.39 is 8.07 Å². The summed E-state index contributed by atoms with van der Waals surface area (Å²) >= 11 is 1.66. The zero-order valence-corrected chi connectivity index (χ0v) is 11.5. The van der Waals surface area contributed by atoms with Crippen LogP contribution in [0.2, 0.25) is 18.1 Å². The smallest absolute Gasteiger partial charge is 0.124 e. The van der Waals surface area contributed by atoms with Crippen LogP contribution in [-0.4, -0.2) is 14.0 Å². The fourth-order valence-corrected chi connectivity index (χ4v) is 6.95. The maximum Gasteiger partial charge on any atom is 0.124 e.